The van der Waals surface area contributed by atoms with Crippen LogP contribution in [0.25, 0.3) is 22.6 Å². The Morgan fingerprint density at radius 1 is 1.10 bits per heavy atom. The van der Waals surface area contributed by atoms with Gasteiger partial charge in [0.2, 0.25) is 0 Å². The molecule has 4 aliphatic rings. The Morgan fingerprint density at radius 3 is 2.61 bits per heavy atom. The van der Waals surface area contributed by atoms with Gasteiger partial charge in [-0.1, -0.05) is 18.5 Å². The van der Waals surface area contributed by atoms with Crippen molar-refractivity contribution in [2.24, 2.45) is 23.7 Å². The number of aromatic amines is 1. The summed E-state index contributed by atoms with van der Waals surface area (Å²) in [5, 5.41) is 3.58. The van der Waals surface area contributed by atoms with E-state index < -0.39 is 0 Å². The first-order valence-corrected chi connectivity index (χ1v) is 11.8. The smallest absolute Gasteiger partial charge is 0.186 e. The molecule has 7 rings (SSSR count). The van der Waals surface area contributed by atoms with Crippen molar-refractivity contribution in [3.63, 3.8) is 0 Å². The van der Waals surface area contributed by atoms with Crippen molar-refractivity contribution in [2.75, 3.05) is 5.32 Å². The van der Waals surface area contributed by atoms with Gasteiger partial charge < -0.3 is 10.3 Å². The van der Waals surface area contributed by atoms with E-state index in [0.717, 1.165) is 18.8 Å². The Bertz CT molecular complexity index is 1130. The van der Waals surface area contributed by atoms with Crippen molar-refractivity contribution < 1.29 is 4.39 Å². The predicted molar refractivity (Wildman–Crippen MR) is 118 cm³/mol. The molecule has 31 heavy (non-hydrogen) atoms. The molecule has 3 heterocycles. The quantitative estimate of drug-likeness (QED) is 0.555. The number of nitrogens with one attached hydrogen (secondary N) is 2. The molecule has 0 aliphatic heterocycles. The second-order valence-electron chi connectivity index (χ2n) is 9.57. The largest absolute Gasteiger partial charge is 0.365 e. The summed E-state index contributed by atoms with van der Waals surface area (Å²) in [4.78, 5) is 21.1. The molecule has 3 aromatic heterocycles. The van der Waals surface area contributed by atoms with Gasteiger partial charge in [0.25, 0.3) is 0 Å². The van der Waals surface area contributed by atoms with Crippen molar-refractivity contribution in [1.82, 2.24) is 24.9 Å². The lowest BCUT2D eigenvalue weighted by Gasteiger charge is -2.47. The number of anilines is 1. The van der Waals surface area contributed by atoms with Crippen LogP contribution < -0.4 is 5.32 Å². The molecule has 2 bridgehead atoms. The zero-order valence-electron chi connectivity index (χ0n) is 17.5. The van der Waals surface area contributed by atoms with E-state index in [2.05, 4.69) is 32.2 Å². The number of H-pyrrole nitrogens is 1. The first kappa shape index (κ1) is 19.4. The van der Waals surface area contributed by atoms with Crippen LogP contribution in [0.3, 0.4) is 0 Å². The highest BCUT2D eigenvalue weighted by molar-refractivity contribution is 6.29. The van der Waals surface area contributed by atoms with Crippen LogP contribution in [0.2, 0.25) is 5.15 Å². The van der Waals surface area contributed by atoms with Crippen LogP contribution in [0.5, 0.6) is 0 Å². The van der Waals surface area contributed by atoms with Crippen molar-refractivity contribution >= 4 is 28.6 Å². The Kier molecular flexibility index (Phi) is 4.63. The monoisotopic (exact) mass is 440 g/mol. The van der Waals surface area contributed by atoms with Gasteiger partial charge in [-0.25, -0.2) is 24.3 Å². The zero-order chi connectivity index (χ0) is 21.1. The molecule has 6 nitrogen and oxygen atoms in total. The van der Waals surface area contributed by atoms with Gasteiger partial charge in [0.05, 0.1) is 17.5 Å². The van der Waals surface area contributed by atoms with Crippen LogP contribution in [0, 0.1) is 29.5 Å². The number of aromatic nitrogens is 5. The Hall–Kier alpha value is -2.28. The van der Waals surface area contributed by atoms with Crippen LogP contribution in [-0.4, -0.2) is 31.0 Å². The summed E-state index contributed by atoms with van der Waals surface area (Å²) in [5.41, 5.74) is 2.43. The highest BCUT2D eigenvalue weighted by atomic mass is 35.5. The van der Waals surface area contributed by atoms with Crippen LogP contribution >= 0.6 is 11.6 Å². The minimum Gasteiger partial charge on any atom is -0.365 e. The molecule has 0 saturated heterocycles. The fourth-order valence-corrected chi connectivity index (χ4v) is 5.89. The molecular formula is C23H26ClFN6. The van der Waals surface area contributed by atoms with Gasteiger partial charge >= 0.3 is 0 Å². The highest BCUT2D eigenvalue weighted by Gasteiger charge is 2.41. The van der Waals surface area contributed by atoms with Crippen molar-refractivity contribution in [1.29, 1.82) is 0 Å². The van der Waals surface area contributed by atoms with Crippen molar-refractivity contribution in [2.45, 2.75) is 57.9 Å². The third-order valence-corrected chi connectivity index (χ3v) is 7.88. The molecule has 4 saturated carbocycles. The summed E-state index contributed by atoms with van der Waals surface area (Å²) in [7, 11) is 0. The molecule has 0 aromatic carbocycles. The Morgan fingerprint density at radius 2 is 1.87 bits per heavy atom. The third kappa shape index (κ3) is 3.47. The van der Waals surface area contributed by atoms with Gasteiger partial charge in [0.15, 0.2) is 23.1 Å². The van der Waals surface area contributed by atoms with Crippen LogP contribution in [0.1, 0.15) is 51.1 Å². The van der Waals surface area contributed by atoms with E-state index in [1.807, 2.05) is 0 Å². The van der Waals surface area contributed by atoms with Gasteiger partial charge in [0.1, 0.15) is 10.7 Å². The summed E-state index contributed by atoms with van der Waals surface area (Å²) < 4.78 is 15.5. The van der Waals surface area contributed by atoms with Gasteiger partial charge in [-0.05, 0) is 68.6 Å². The molecule has 0 amide bonds. The fraction of sp³-hybridized carbons (Fsp3) is 0.565. The maximum absolute atomic E-state index is 15.5. The first-order valence-electron chi connectivity index (χ1n) is 11.4. The van der Waals surface area contributed by atoms with Gasteiger partial charge in [0, 0.05) is 12.2 Å². The summed E-state index contributed by atoms with van der Waals surface area (Å²) in [5.74, 6) is 3.02. The molecule has 2 N–H and O–H groups in total. The molecule has 0 spiro atoms. The van der Waals surface area contributed by atoms with E-state index in [9.17, 15) is 0 Å². The molecule has 162 valence electrons. The standard InChI is InChI=1S/C23H26ClFN6/c1-11-12-2-4-13(5-3-12)15(11)8-17-19(25)22(28-14-6-7-14)31-21(29-17)16-9-26-23-20(16)30-18(24)10-27-23/h9-15H,2-8H2,1H3,(H,26,27)(H,28,29,31)/t11-,12?,13?,15+/m0/s1. The number of nitrogens with zero attached hydrogens (tertiary/aromatic N) is 4. The maximum Gasteiger partial charge on any atom is 0.186 e. The summed E-state index contributed by atoms with van der Waals surface area (Å²) in [6.07, 6.45) is 11.2. The molecule has 2 atom stereocenters. The second kappa shape index (κ2) is 7.40. The van der Waals surface area contributed by atoms with E-state index >= 15 is 4.39 Å². The number of rotatable bonds is 5. The molecular weight excluding hydrogens is 415 g/mol. The van der Waals surface area contributed by atoms with Gasteiger partial charge in [-0.15, -0.1) is 0 Å². The van der Waals surface area contributed by atoms with E-state index in [1.54, 1.807) is 6.20 Å². The Balaban J connectivity index is 1.42. The first-order chi connectivity index (χ1) is 15.1. The van der Waals surface area contributed by atoms with Crippen LogP contribution in [0.15, 0.2) is 12.4 Å². The van der Waals surface area contributed by atoms with E-state index in [1.165, 1.54) is 31.9 Å². The topological polar surface area (TPSA) is 79.4 Å². The second-order valence-corrected chi connectivity index (χ2v) is 9.96. The predicted octanol–water partition coefficient (Wildman–Crippen LogP) is 5.40. The van der Waals surface area contributed by atoms with Crippen molar-refractivity contribution in [3.8, 4) is 11.4 Å². The van der Waals surface area contributed by atoms with Gasteiger partial charge in [-0.2, -0.15) is 0 Å². The highest BCUT2D eigenvalue weighted by Crippen LogP contribution is 2.50. The van der Waals surface area contributed by atoms with E-state index in [4.69, 9.17) is 16.6 Å². The number of fused-ring (bicyclic) bond motifs is 4. The summed E-state index contributed by atoms with van der Waals surface area (Å²) in [6, 6.07) is 0.298. The lowest BCUT2D eigenvalue weighted by atomic mass is 9.58. The third-order valence-electron chi connectivity index (χ3n) is 7.70. The van der Waals surface area contributed by atoms with E-state index in [0.29, 0.717) is 69.4 Å². The molecule has 8 heteroatoms. The maximum atomic E-state index is 15.5. The molecule has 4 fully saturated rings. The number of hydrogen-bond donors (Lipinski definition) is 2. The number of hydrogen-bond acceptors (Lipinski definition) is 5. The lowest BCUT2D eigenvalue weighted by Crippen LogP contribution is -2.39. The Labute approximate surface area is 185 Å². The molecule has 3 aromatic rings. The fourth-order valence-electron chi connectivity index (χ4n) is 5.76. The molecule has 0 unspecified atom stereocenters. The van der Waals surface area contributed by atoms with Crippen LogP contribution in [0.4, 0.5) is 10.2 Å². The zero-order valence-corrected chi connectivity index (χ0v) is 18.3. The molecule has 4 aliphatic carbocycles. The minimum atomic E-state index is -0.298. The average Bonchev–Trinajstić information content (AvgIpc) is 3.50. The summed E-state index contributed by atoms with van der Waals surface area (Å²) >= 11 is 6.08. The van der Waals surface area contributed by atoms with Crippen molar-refractivity contribution in [3.05, 3.63) is 29.1 Å². The molecule has 0 radical (unpaired) electrons. The van der Waals surface area contributed by atoms with Gasteiger partial charge in [-0.3, -0.25) is 0 Å². The van der Waals surface area contributed by atoms with Crippen LogP contribution in [-0.2, 0) is 6.42 Å². The lowest BCUT2D eigenvalue weighted by molar-refractivity contribution is 0.0334. The van der Waals surface area contributed by atoms with E-state index in [-0.39, 0.29) is 5.82 Å². The average molecular weight is 441 g/mol. The SMILES string of the molecule is C[C@H]1C2CCC(CC2)[C@@H]1Cc1nc(-c2c[nH]c3ncc(Cl)nc23)nc(NC2CC2)c1F. The summed E-state index contributed by atoms with van der Waals surface area (Å²) in [6.45, 7) is 2.35. The minimum absolute atomic E-state index is 0.298. The number of halogens is 2. The normalized spacial score (nSPS) is 27.7.